The molecular weight excluding hydrogens is 285 g/mol. The van der Waals surface area contributed by atoms with E-state index in [9.17, 15) is 18.0 Å². The summed E-state index contributed by atoms with van der Waals surface area (Å²) in [5.74, 6) is 0.123. The zero-order chi connectivity index (χ0) is 15.9. The smallest absolute Gasteiger partial charge is 0.393 e. The minimum atomic E-state index is -4.28. The third kappa shape index (κ3) is 7.55. The number of anilines is 1. The highest BCUT2D eigenvalue weighted by Gasteiger charge is 2.27. The van der Waals surface area contributed by atoms with Crippen LogP contribution in [0.25, 0.3) is 0 Å². The van der Waals surface area contributed by atoms with Crippen LogP contribution in [0.1, 0.15) is 18.9 Å². The first-order valence-corrected chi connectivity index (χ1v) is 6.61. The Kier molecular flexibility index (Phi) is 6.48. The largest absolute Gasteiger partial charge is 0.396 e. The van der Waals surface area contributed by atoms with Crippen molar-refractivity contribution in [2.75, 3.05) is 18.5 Å². The lowest BCUT2D eigenvalue weighted by Gasteiger charge is -2.13. The Labute approximate surface area is 121 Å². The molecule has 0 aliphatic heterocycles. The molecule has 0 spiro atoms. The molecule has 3 N–H and O–H groups in total. The summed E-state index contributed by atoms with van der Waals surface area (Å²) in [5.41, 5.74) is 0.401. The quantitative estimate of drug-likeness (QED) is 0.756. The van der Waals surface area contributed by atoms with Crippen LogP contribution in [-0.2, 0) is 6.42 Å². The van der Waals surface area contributed by atoms with Crippen LogP contribution in [0.3, 0.4) is 0 Å². The summed E-state index contributed by atoms with van der Waals surface area (Å²) in [6.45, 7) is 2.30. The van der Waals surface area contributed by atoms with Crippen molar-refractivity contribution in [3.05, 3.63) is 29.8 Å². The van der Waals surface area contributed by atoms with Gasteiger partial charge in [0.15, 0.2) is 0 Å². The van der Waals surface area contributed by atoms with Gasteiger partial charge in [0.1, 0.15) is 0 Å². The molecule has 1 aromatic carbocycles. The molecule has 1 atom stereocenters. The normalized spacial score (nSPS) is 12.8. The van der Waals surface area contributed by atoms with Crippen LogP contribution in [0.2, 0.25) is 0 Å². The van der Waals surface area contributed by atoms with E-state index in [1.807, 2.05) is 6.92 Å². The molecule has 1 aromatic rings. The van der Waals surface area contributed by atoms with Crippen molar-refractivity contribution in [2.24, 2.45) is 5.92 Å². The van der Waals surface area contributed by atoms with Gasteiger partial charge in [0.05, 0.1) is 6.42 Å². The molecule has 1 unspecified atom stereocenters. The highest BCUT2D eigenvalue weighted by atomic mass is 19.4. The van der Waals surface area contributed by atoms with Crippen LogP contribution in [0.4, 0.5) is 23.7 Å². The van der Waals surface area contributed by atoms with Crippen LogP contribution in [0, 0.1) is 5.92 Å². The van der Waals surface area contributed by atoms with Gasteiger partial charge in [-0.1, -0.05) is 19.1 Å². The van der Waals surface area contributed by atoms with E-state index in [-0.39, 0.29) is 18.1 Å². The average molecular weight is 304 g/mol. The van der Waals surface area contributed by atoms with E-state index < -0.39 is 18.6 Å². The van der Waals surface area contributed by atoms with Gasteiger partial charge in [0.25, 0.3) is 0 Å². The molecule has 0 aromatic heterocycles. The van der Waals surface area contributed by atoms with E-state index in [4.69, 9.17) is 5.11 Å². The number of rotatable bonds is 6. The Morgan fingerprint density at radius 3 is 2.71 bits per heavy atom. The third-order valence-electron chi connectivity index (χ3n) is 2.82. The molecule has 1 rings (SSSR count). The number of benzene rings is 1. The highest BCUT2D eigenvalue weighted by molar-refractivity contribution is 5.89. The van der Waals surface area contributed by atoms with E-state index in [1.54, 1.807) is 0 Å². The van der Waals surface area contributed by atoms with Crippen molar-refractivity contribution in [3.8, 4) is 0 Å². The second-order valence-corrected chi connectivity index (χ2v) is 4.94. The zero-order valence-corrected chi connectivity index (χ0v) is 11.7. The van der Waals surface area contributed by atoms with Crippen LogP contribution in [0.5, 0.6) is 0 Å². The first-order valence-electron chi connectivity index (χ1n) is 6.61. The minimum absolute atomic E-state index is 0.0456. The second kappa shape index (κ2) is 7.87. The summed E-state index contributed by atoms with van der Waals surface area (Å²) in [4.78, 5) is 11.6. The molecule has 0 saturated heterocycles. The summed E-state index contributed by atoms with van der Waals surface area (Å²) in [5, 5.41) is 13.8. The first-order chi connectivity index (χ1) is 9.80. The maximum Gasteiger partial charge on any atom is 0.393 e. The number of halogens is 3. The highest BCUT2D eigenvalue weighted by Crippen LogP contribution is 2.22. The molecule has 4 nitrogen and oxygen atoms in total. The maximum atomic E-state index is 12.3. The first kappa shape index (κ1) is 17.3. The Hall–Kier alpha value is -1.76. The number of aliphatic hydroxyl groups is 1. The van der Waals surface area contributed by atoms with E-state index in [0.717, 1.165) is 0 Å². The van der Waals surface area contributed by atoms with Gasteiger partial charge in [-0.15, -0.1) is 0 Å². The molecule has 21 heavy (non-hydrogen) atoms. The van der Waals surface area contributed by atoms with Crippen molar-refractivity contribution < 1.29 is 23.1 Å². The number of carbonyl (C=O) groups excluding carboxylic acids is 1. The van der Waals surface area contributed by atoms with Crippen molar-refractivity contribution in [3.63, 3.8) is 0 Å². The SMILES string of the molecule is CC(CCO)CNC(=O)Nc1cccc(CC(F)(F)F)c1. The van der Waals surface area contributed by atoms with E-state index >= 15 is 0 Å². The lowest BCUT2D eigenvalue weighted by molar-refractivity contribution is -0.127. The van der Waals surface area contributed by atoms with Gasteiger partial charge in [0.2, 0.25) is 0 Å². The van der Waals surface area contributed by atoms with Gasteiger partial charge in [-0.2, -0.15) is 13.2 Å². The molecule has 0 fully saturated rings. The van der Waals surface area contributed by atoms with E-state index in [0.29, 0.717) is 18.7 Å². The predicted octanol–water partition coefficient (Wildman–Crippen LogP) is 2.93. The molecule has 2 amide bonds. The maximum absolute atomic E-state index is 12.3. The van der Waals surface area contributed by atoms with Crippen molar-refractivity contribution >= 4 is 11.7 Å². The number of nitrogens with one attached hydrogen (secondary N) is 2. The number of aliphatic hydroxyl groups excluding tert-OH is 1. The summed E-state index contributed by atoms with van der Waals surface area (Å²) in [6.07, 6.45) is -4.74. The van der Waals surface area contributed by atoms with Gasteiger partial charge in [-0.25, -0.2) is 4.79 Å². The number of hydrogen-bond acceptors (Lipinski definition) is 2. The van der Waals surface area contributed by atoms with Gasteiger partial charge >= 0.3 is 12.2 Å². The zero-order valence-electron chi connectivity index (χ0n) is 11.7. The Morgan fingerprint density at radius 2 is 2.10 bits per heavy atom. The van der Waals surface area contributed by atoms with E-state index in [2.05, 4.69) is 10.6 Å². The summed E-state index contributed by atoms with van der Waals surface area (Å²) < 4.78 is 36.9. The molecule has 0 radical (unpaired) electrons. The number of carbonyl (C=O) groups is 1. The fourth-order valence-electron chi connectivity index (χ4n) is 1.76. The predicted molar refractivity (Wildman–Crippen MR) is 74.1 cm³/mol. The van der Waals surface area contributed by atoms with E-state index in [1.165, 1.54) is 24.3 Å². The fourth-order valence-corrected chi connectivity index (χ4v) is 1.76. The van der Waals surface area contributed by atoms with Gasteiger partial charge in [0, 0.05) is 18.8 Å². The minimum Gasteiger partial charge on any atom is -0.396 e. The lowest BCUT2D eigenvalue weighted by Crippen LogP contribution is -2.32. The standard InChI is InChI=1S/C14H19F3N2O2/c1-10(5-6-20)9-18-13(21)19-12-4-2-3-11(7-12)8-14(15,16)17/h2-4,7,10,20H,5-6,8-9H2,1H3,(H2,18,19,21). The molecule has 0 heterocycles. The van der Waals surface area contributed by atoms with Crippen LogP contribution in [0.15, 0.2) is 24.3 Å². The Morgan fingerprint density at radius 1 is 1.38 bits per heavy atom. The molecule has 118 valence electrons. The summed E-state index contributed by atoms with van der Waals surface area (Å²) in [6, 6.07) is 5.16. The monoisotopic (exact) mass is 304 g/mol. The number of amides is 2. The van der Waals surface area contributed by atoms with Gasteiger partial charge in [-0.05, 0) is 30.0 Å². The van der Waals surface area contributed by atoms with Gasteiger partial charge < -0.3 is 15.7 Å². The Balaban J connectivity index is 2.51. The third-order valence-corrected chi connectivity index (χ3v) is 2.82. The number of hydrogen-bond donors (Lipinski definition) is 3. The number of urea groups is 1. The van der Waals surface area contributed by atoms with Crippen LogP contribution < -0.4 is 10.6 Å². The average Bonchev–Trinajstić information content (AvgIpc) is 2.35. The second-order valence-electron chi connectivity index (χ2n) is 4.94. The Bertz CT molecular complexity index is 464. The van der Waals surface area contributed by atoms with Crippen LogP contribution >= 0.6 is 0 Å². The molecular formula is C14H19F3N2O2. The van der Waals surface area contributed by atoms with Gasteiger partial charge in [-0.3, -0.25) is 0 Å². The van der Waals surface area contributed by atoms with Crippen molar-refractivity contribution in [1.29, 1.82) is 0 Å². The molecule has 0 aliphatic carbocycles. The summed E-state index contributed by atoms with van der Waals surface area (Å²) in [7, 11) is 0. The lowest BCUT2D eigenvalue weighted by atomic mass is 10.1. The van der Waals surface area contributed by atoms with Crippen molar-refractivity contribution in [1.82, 2.24) is 5.32 Å². The molecule has 0 saturated carbocycles. The topological polar surface area (TPSA) is 61.4 Å². The fraction of sp³-hybridized carbons (Fsp3) is 0.500. The number of alkyl halides is 3. The van der Waals surface area contributed by atoms with Crippen LogP contribution in [-0.4, -0.2) is 30.5 Å². The molecule has 7 heteroatoms. The summed E-state index contributed by atoms with van der Waals surface area (Å²) >= 11 is 0. The molecule has 0 bridgehead atoms. The molecule has 0 aliphatic rings. The van der Waals surface area contributed by atoms with Crippen molar-refractivity contribution in [2.45, 2.75) is 25.9 Å².